The number of imide groups is 1. The predicted molar refractivity (Wildman–Crippen MR) is 88.8 cm³/mol. The topological polar surface area (TPSA) is 79.4 Å². The summed E-state index contributed by atoms with van der Waals surface area (Å²) in [4.78, 5) is 42.0. The number of allylic oxidation sites excluding steroid dienone is 2. The lowest BCUT2D eigenvalue weighted by atomic mass is 9.85. The van der Waals surface area contributed by atoms with E-state index in [1.807, 2.05) is 36.4 Å². The minimum atomic E-state index is -0.548. The maximum Gasteiger partial charge on any atom is 0.288 e. The molecule has 2 aromatic rings. The van der Waals surface area contributed by atoms with Crippen molar-refractivity contribution in [3.63, 3.8) is 0 Å². The Morgan fingerprint density at radius 2 is 1.68 bits per heavy atom. The molecule has 2 aliphatic carbocycles. The number of hydrogen-bond acceptors (Lipinski definition) is 4. The van der Waals surface area contributed by atoms with Gasteiger partial charge in [0.1, 0.15) is 5.69 Å². The first-order valence-electron chi connectivity index (χ1n) is 8.36. The molecule has 2 bridgehead atoms. The van der Waals surface area contributed by atoms with Gasteiger partial charge in [-0.25, -0.2) is 4.98 Å². The van der Waals surface area contributed by atoms with Gasteiger partial charge in [0.15, 0.2) is 0 Å². The Hall–Kier alpha value is -3.02. The summed E-state index contributed by atoms with van der Waals surface area (Å²) in [5.41, 5.74) is 3.33. The minimum Gasteiger partial charge on any atom is -0.272 e. The number of hydrogen-bond donors (Lipinski definition) is 1. The second-order valence-electron chi connectivity index (χ2n) is 6.84. The number of carbonyl (C=O) groups excluding carboxylic acids is 3. The number of hydrazine groups is 1. The molecule has 6 nitrogen and oxygen atoms in total. The van der Waals surface area contributed by atoms with Crippen LogP contribution in [0.15, 0.2) is 48.6 Å². The van der Waals surface area contributed by atoms with Crippen molar-refractivity contribution in [3.8, 4) is 0 Å². The van der Waals surface area contributed by atoms with Gasteiger partial charge in [0.25, 0.3) is 17.7 Å². The number of aromatic nitrogens is 1. The van der Waals surface area contributed by atoms with E-state index < -0.39 is 5.91 Å². The number of nitrogens with one attached hydrogen (secondary N) is 1. The highest BCUT2D eigenvalue weighted by Crippen LogP contribution is 2.52. The van der Waals surface area contributed by atoms with Crippen LogP contribution in [0.4, 0.5) is 0 Å². The number of benzene rings is 1. The Morgan fingerprint density at radius 3 is 2.40 bits per heavy atom. The average molecular weight is 333 g/mol. The van der Waals surface area contributed by atoms with Crippen molar-refractivity contribution in [2.24, 2.45) is 23.7 Å². The lowest BCUT2D eigenvalue weighted by molar-refractivity contribution is -0.143. The minimum absolute atomic E-state index is 0.118. The molecule has 4 atom stereocenters. The van der Waals surface area contributed by atoms with E-state index in [0.29, 0.717) is 5.52 Å². The molecule has 5 rings (SSSR count). The molecule has 1 aliphatic heterocycles. The number of rotatable bonds is 2. The zero-order valence-corrected chi connectivity index (χ0v) is 13.3. The van der Waals surface area contributed by atoms with Gasteiger partial charge in [-0.1, -0.05) is 36.4 Å². The molecule has 0 radical (unpaired) electrons. The Labute approximate surface area is 143 Å². The van der Waals surface area contributed by atoms with Crippen LogP contribution in [0.1, 0.15) is 16.9 Å². The van der Waals surface area contributed by atoms with E-state index in [1.54, 1.807) is 12.1 Å². The molecule has 1 N–H and O–H groups in total. The predicted octanol–water partition coefficient (Wildman–Crippen LogP) is 1.69. The molecule has 1 saturated heterocycles. The number of nitrogens with zero attached hydrogens (tertiary/aromatic N) is 2. The first kappa shape index (κ1) is 14.3. The summed E-state index contributed by atoms with van der Waals surface area (Å²) in [7, 11) is 0. The van der Waals surface area contributed by atoms with Gasteiger partial charge in [-0.15, -0.1) is 0 Å². The van der Waals surface area contributed by atoms with Crippen molar-refractivity contribution in [3.05, 3.63) is 54.2 Å². The zero-order valence-electron chi connectivity index (χ0n) is 13.3. The fraction of sp³-hybridized carbons (Fsp3) is 0.263. The molecule has 2 fully saturated rings. The second-order valence-corrected chi connectivity index (χ2v) is 6.84. The van der Waals surface area contributed by atoms with Crippen LogP contribution >= 0.6 is 0 Å². The molecule has 1 aromatic heterocycles. The van der Waals surface area contributed by atoms with Gasteiger partial charge < -0.3 is 0 Å². The van der Waals surface area contributed by atoms with Crippen LogP contribution in [0.2, 0.25) is 0 Å². The van der Waals surface area contributed by atoms with Gasteiger partial charge in [0.05, 0.1) is 17.4 Å². The molecule has 124 valence electrons. The lowest BCUT2D eigenvalue weighted by Gasteiger charge is -2.17. The van der Waals surface area contributed by atoms with Gasteiger partial charge in [0, 0.05) is 5.39 Å². The normalized spacial score (nSPS) is 29.5. The van der Waals surface area contributed by atoms with Gasteiger partial charge in [-0.2, -0.15) is 5.01 Å². The molecule has 0 spiro atoms. The van der Waals surface area contributed by atoms with Gasteiger partial charge in [0.2, 0.25) is 0 Å². The van der Waals surface area contributed by atoms with Crippen molar-refractivity contribution in [2.45, 2.75) is 6.42 Å². The summed E-state index contributed by atoms with van der Waals surface area (Å²) >= 11 is 0. The SMILES string of the molecule is O=C(NN1C(=O)[C@@H]2[C@@H](C1=O)[C@H]1C=C[C@H]2C1)c1ccc2ccccc2n1. The fourth-order valence-electron chi connectivity index (χ4n) is 4.36. The average Bonchev–Trinajstić information content (AvgIpc) is 3.31. The second kappa shape index (κ2) is 4.99. The number of fused-ring (bicyclic) bond motifs is 6. The van der Waals surface area contributed by atoms with Gasteiger partial charge >= 0.3 is 0 Å². The van der Waals surface area contributed by atoms with Crippen molar-refractivity contribution < 1.29 is 14.4 Å². The van der Waals surface area contributed by atoms with Crippen LogP contribution in [0.25, 0.3) is 10.9 Å². The van der Waals surface area contributed by atoms with E-state index in [4.69, 9.17) is 0 Å². The number of pyridine rings is 1. The molecule has 6 heteroatoms. The monoisotopic (exact) mass is 333 g/mol. The van der Waals surface area contributed by atoms with Gasteiger partial charge in [-0.3, -0.25) is 19.8 Å². The van der Waals surface area contributed by atoms with Crippen molar-refractivity contribution >= 4 is 28.6 Å². The van der Waals surface area contributed by atoms with Crippen molar-refractivity contribution in [1.29, 1.82) is 0 Å². The molecular formula is C19H15N3O3. The Balaban J connectivity index is 1.40. The van der Waals surface area contributed by atoms with Crippen molar-refractivity contribution in [1.82, 2.24) is 15.4 Å². The zero-order chi connectivity index (χ0) is 17.1. The molecule has 3 aliphatic rings. The third-order valence-corrected chi connectivity index (χ3v) is 5.51. The van der Waals surface area contributed by atoms with Crippen LogP contribution in [0, 0.1) is 23.7 Å². The van der Waals surface area contributed by atoms with Gasteiger partial charge in [-0.05, 0) is 30.4 Å². The van der Waals surface area contributed by atoms with E-state index in [-0.39, 0.29) is 41.2 Å². The van der Waals surface area contributed by atoms with E-state index in [9.17, 15) is 14.4 Å². The summed E-state index contributed by atoms with van der Waals surface area (Å²) in [5.74, 6) is -1.58. The highest BCUT2D eigenvalue weighted by Gasteiger charge is 2.59. The molecule has 1 aromatic carbocycles. The van der Waals surface area contributed by atoms with Crippen LogP contribution < -0.4 is 5.43 Å². The van der Waals surface area contributed by atoms with E-state index in [2.05, 4.69) is 10.4 Å². The number of amides is 3. The van der Waals surface area contributed by atoms with E-state index >= 15 is 0 Å². The van der Waals surface area contributed by atoms with E-state index in [1.165, 1.54) is 0 Å². The van der Waals surface area contributed by atoms with Crippen LogP contribution in [0.5, 0.6) is 0 Å². The summed E-state index contributed by atoms with van der Waals surface area (Å²) < 4.78 is 0. The van der Waals surface area contributed by atoms with E-state index in [0.717, 1.165) is 16.8 Å². The summed E-state index contributed by atoms with van der Waals surface area (Å²) in [5, 5.41) is 1.82. The molecule has 0 unspecified atom stereocenters. The molecule has 2 heterocycles. The highest BCUT2D eigenvalue weighted by atomic mass is 16.2. The maximum atomic E-state index is 12.6. The summed E-state index contributed by atoms with van der Waals surface area (Å²) in [6.07, 6.45) is 4.90. The highest BCUT2D eigenvalue weighted by molar-refractivity contribution is 6.08. The fourth-order valence-corrected chi connectivity index (χ4v) is 4.36. The molecule has 3 amide bonds. The Kier molecular flexibility index (Phi) is 2.86. The number of para-hydroxylation sites is 1. The molecular weight excluding hydrogens is 318 g/mol. The lowest BCUT2D eigenvalue weighted by Crippen LogP contribution is -2.47. The van der Waals surface area contributed by atoms with Crippen LogP contribution in [-0.4, -0.2) is 27.7 Å². The maximum absolute atomic E-state index is 12.6. The first-order valence-corrected chi connectivity index (χ1v) is 8.36. The Bertz CT molecular complexity index is 937. The molecule has 25 heavy (non-hydrogen) atoms. The smallest absolute Gasteiger partial charge is 0.272 e. The Morgan fingerprint density at radius 1 is 1.00 bits per heavy atom. The summed E-state index contributed by atoms with van der Waals surface area (Å²) in [6, 6.07) is 10.8. The molecule has 1 saturated carbocycles. The quantitative estimate of drug-likeness (QED) is 0.670. The van der Waals surface area contributed by atoms with Crippen molar-refractivity contribution in [2.75, 3.05) is 0 Å². The first-order chi connectivity index (χ1) is 12.1. The third kappa shape index (κ3) is 1.97. The van der Waals surface area contributed by atoms with Crippen LogP contribution in [0.3, 0.4) is 0 Å². The van der Waals surface area contributed by atoms with Crippen LogP contribution in [-0.2, 0) is 9.59 Å². The largest absolute Gasteiger partial charge is 0.288 e. The third-order valence-electron chi connectivity index (χ3n) is 5.51. The summed E-state index contributed by atoms with van der Waals surface area (Å²) in [6.45, 7) is 0. The standard InChI is InChI=1S/C19H15N3O3/c23-17(14-8-7-10-3-1-2-4-13(10)20-14)21-22-18(24)15-11-5-6-12(9-11)16(15)19(22)25/h1-8,11-12,15-16H,9H2,(H,21,23)/t11-,12-,15-,16-/m0/s1. The number of carbonyl (C=O) groups is 3.